The molecule has 8 nitrogen and oxygen atoms in total. The Labute approximate surface area is 161 Å². The first-order chi connectivity index (χ1) is 13.1. The lowest BCUT2D eigenvalue weighted by atomic mass is 9.89. The Hall–Kier alpha value is -2.33. The number of piperidine rings is 1. The van der Waals surface area contributed by atoms with Gasteiger partial charge in [0.2, 0.25) is 5.82 Å². The van der Waals surface area contributed by atoms with E-state index in [1.165, 1.54) is 17.2 Å². The number of hydrogen-bond donors (Lipinski definition) is 3. The van der Waals surface area contributed by atoms with Crippen LogP contribution in [-0.4, -0.2) is 51.0 Å². The van der Waals surface area contributed by atoms with Crippen molar-refractivity contribution in [2.75, 3.05) is 24.7 Å². The molecule has 27 heavy (non-hydrogen) atoms. The number of nitrogens with one attached hydrogen (secondary N) is 1. The summed E-state index contributed by atoms with van der Waals surface area (Å²) >= 11 is 1.75. The average Bonchev–Trinajstić information content (AvgIpc) is 3.13. The summed E-state index contributed by atoms with van der Waals surface area (Å²) in [7, 11) is 0. The molecule has 2 aromatic rings. The van der Waals surface area contributed by atoms with E-state index in [0.29, 0.717) is 11.9 Å². The quantitative estimate of drug-likeness (QED) is 0.238. The number of hydrogen-bond acceptors (Lipinski definition) is 8. The molecule has 2 aliphatic rings. The Morgan fingerprint density at radius 2 is 2.07 bits per heavy atom. The van der Waals surface area contributed by atoms with Crippen molar-refractivity contribution < 1.29 is 14.2 Å². The van der Waals surface area contributed by atoms with E-state index in [4.69, 9.17) is 10.9 Å². The number of amidine groups is 1. The average molecular weight is 394 g/mol. The molecule has 1 aliphatic heterocycles. The molecule has 1 saturated heterocycles. The van der Waals surface area contributed by atoms with Crippen molar-refractivity contribution in [3.05, 3.63) is 40.8 Å². The van der Waals surface area contributed by atoms with Crippen LogP contribution in [-0.2, 0) is 12.8 Å². The predicted octanol–water partition coefficient (Wildman–Crippen LogP) is 2.24. The van der Waals surface area contributed by atoms with Gasteiger partial charge in [0.25, 0.3) is 0 Å². The van der Waals surface area contributed by atoms with Crippen molar-refractivity contribution in [2.45, 2.75) is 31.7 Å². The van der Waals surface area contributed by atoms with Gasteiger partial charge in [-0.15, -0.1) is 0 Å². The maximum Gasteiger partial charge on any atom is 0.202 e. The van der Waals surface area contributed by atoms with Gasteiger partial charge in [-0.1, -0.05) is 23.2 Å². The lowest BCUT2D eigenvalue weighted by Crippen LogP contribution is -2.36. The second-order valence-corrected chi connectivity index (χ2v) is 7.27. The summed E-state index contributed by atoms with van der Waals surface area (Å²) in [5, 5.41) is 22.1. The monoisotopic (exact) mass is 394 g/mol. The number of fused-ring (bicyclic) bond motifs is 1. The Morgan fingerprint density at radius 3 is 2.63 bits per heavy atom. The molecule has 0 saturated carbocycles. The number of nitrogens with zero attached hydrogens (tertiary/aromatic N) is 4. The molecule has 4 rings (SSSR count). The van der Waals surface area contributed by atoms with E-state index in [9.17, 15) is 4.39 Å². The Kier molecular flexibility index (Phi) is 6.51. The Bertz CT molecular complexity index is 791. The van der Waals surface area contributed by atoms with Crippen LogP contribution in [0.15, 0.2) is 28.0 Å². The van der Waals surface area contributed by atoms with Gasteiger partial charge in [-0.2, -0.15) is 0 Å². The molecule has 1 aliphatic carbocycles. The van der Waals surface area contributed by atoms with Crippen LogP contribution in [0.1, 0.15) is 29.7 Å². The number of aromatic nitrogens is 2. The smallest absolute Gasteiger partial charge is 0.202 e. The maximum absolute atomic E-state index is 12.4. The molecular weight excluding hydrogens is 371 g/mol. The molecule has 1 aromatic heterocycles. The highest BCUT2D eigenvalue weighted by molar-refractivity contribution is 7.96. The van der Waals surface area contributed by atoms with Gasteiger partial charge in [-0.05, 0) is 65.5 Å². The summed E-state index contributed by atoms with van der Waals surface area (Å²) in [5.74, 6) is 0.210. The highest BCUT2D eigenvalue weighted by Gasteiger charge is 2.22. The van der Waals surface area contributed by atoms with Crippen LogP contribution in [0.3, 0.4) is 0 Å². The fourth-order valence-corrected chi connectivity index (χ4v) is 3.61. The fourth-order valence-electron chi connectivity index (χ4n) is 3.04. The topological polar surface area (TPSA) is 113 Å². The zero-order valence-corrected chi connectivity index (χ0v) is 15.9. The molecular formula is C17H23FN6O2S. The van der Waals surface area contributed by atoms with Gasteiger partial charge >= 0.3 is 0 Å². The number of rotatable bonds is 4. The van der Waals surface area contributed by atoms with Crippen LogP contribution in [0.25, 0.3) is 0 Å². The van der Waals surface area contributed by atoms with Crippen LogP contribution in [0.5, 0.6) is 0 Å². The second-order valence-electron chi connectivity index (χ2n) is 6.39. The second kappa shape index (κ2) is 9.05. The molecule has 10 heteroatoms. The molecule has 2 heterocycles. The van der Waals surface area contributed by atoms with Crippen LogP contribution >= 0.6 is 11.9 Å². The van der Waals surface area contributed by atoms with Gasteiger partial charge in [-0.25, -0.2) is 9.02 Å². The van der Waals surface area contributed by atoms with Crippen molar-refractivity contribution in [1.29, 1.82) is 0 Å². The third-order valence-electron chi connectivity index (χ3n) is 4.72. The number of halogens is 1. The van der Waals surface area contributed by atoms with E-state index in [0.717, 1.165) is 38.8 Å². The number of nitrogens with two attached hydrogens (primary N) is 1. The van der Waals surface area contributed by atoms with Crippen molar-refractivity contribution in [3.8, 4) is 0 Å². The normalized spacial score (nSPS) is 17.5. The van der Waals surface area contributed by atoms with Crippen LogP contribution in [0.2, 0.25) is 0 Å². The molecule has 4 N–H and O–H groups in total. The van der Waals surface area contributed by atoms with Crippen LogP contribution in [0.4, 0.5) is 10.2 Å². The number of anilines is 1. The zero-order chi connectivity index (χ0) is 19.2. The van der Waals surface area contributed by atoms with Crippen molar-refractivity contribution in [2.24, 2.45) is 10.9 Å². The molecule has 0 amide bonds. The summed E-state index contributed by atoms with van der Waals surface area (Å²) < 4.78 is 19.3. The van der Waals surface area contributed by atoms with Crippen LogP contribution < -0.4 is 11.1 Å². The van der Waals surface area contributed by atoms with Crippen molar-refractivity contribution in [1.82, 2.24) is 14.6 Å². The highest BCUT2D eigenvalue weighted by Crippen LogP contribution is 2.22. The van der Waals surface area contributed by atoms with Crippen molar-refractivity contribution >= 4 is 23.6 Å². The van der Waals surface area contributed by atoms with Gasteiger partial charge in [0.05, 0.1) is 0 Å². The first-order valence-electron chi connectivity index (χ1n) is 8.74. The minimum atomic E-state index is -0.111. The molecule has 1 aromatic carbocycles. The molecule has 0 atom stereocenters. The van der Waals surface area contributed by atoms with Gasteiger partial charge in [0.15, 0.2) is 11.5 Å². The number of benzene rings is 1. The molecule has 0 unspecified atom stereocenters. The molecule has 146 valence electrons. The summed E-state index contributed by atoms with van der Waals surface area (Å²) in [6.07, 6.45) is 6.28. The van der Waals surface area contributed by atoms with Gasteiger partial charge in [-0.3, -0.25) is 4.31 Å². The predicted molar refractivity (Wildman–Crippen MR) is 102 cm³/mol. The molecule has 0 spiro atoms. The van der Waals surface area contributed by atoms with E-state index in [1.54, 1.807) is 18.0 Å². The summed E-state index contributed by atoms with van der Waals surface area (Å²) in [6, 6.07) is 5.32. The molecule has 0 bridgehead atoms. The minimum absolute atomic E-state index is 0.103. The SMILES string of the molecule is CSN1CCC(Nc2nonc2/C(N)=N/O)CC1.Fc1ccc2c(c1)CC2. The van der Waals surface area contributed by atoms with E-state index in [2.05, 4.69) is 36.0 Å². The summed E-state index contributed by atoms with van der Waals surface area (Å²) in [5.41, 5.74) is 8.22. The molecule has 1 fully saturated rings. The van der Waals surface area contributed by atoms with E-state index in [1.807, 2.05) is 6.07 Å². The maximum atomic E-state index is 12.4. The first-order valence-corrected chi connectivity index (χ1v) is 9.92. The van der Waals surface area contributed by atoms with Gasteiger partial charge in [0, 0.05) is 19.1 Å². The third kappa shape index (κ3) is 4.89. The largest absolute Gasteiger partial charge is 0.409 e. The zero-order valence-electron chi connectivity index (χ0n) is 15.1. The van der Waals surface area contributed by atoms with Gasteiger partial charge in [0.1, 0.15) is 5.82 Å². The van der Waals surface area contributed by atoms with Crippen molar-refractivity contribution in [3.63, 3.8) is 0 Å². The minimum Gasteiger partial charge on any atom is -0.409 e. The van der Waals surface area contributed by atoms with E-state index < -0.39 is 0 Å². The van der Waals surface area contributed by atoms with Gasteiger partial charge < -0.3 is 16.3 Å². The Morgan fingerprint density at radius 1 is 1.33 bits per heavy atom. The fraction of sp³-hybridized carbons (Fsp3) is 0.471. The van der Waals surface area contributed by atoms with E-state index in [-0.39, 0.29) is 17.3 Å². The third-order valence-corrected chi connectivity index (χ3v) is 5.61. The Balaban J connectivity index is 0.000000193. The first kappa shape index (κ1) is 19.4. The summed E-state index contributed by atoms with van der Waals surface area (Å²) in [4.78, 5) is 0. The number of oxime groups is 1. The standard InChI is InChI=1S/C9H16N6O2S.C8H7F/c1-18-15-4-2-6(3-5-15)11-9-7(8(10)12-16)13-17-14-9;9-8-4-3-6-1-2-7(6)5-8/h6,16H,2-5H2,1H3,(H2,10,12)(H,11,14);3-5H,1-2H2. The van der Waals surface area contributed by atoms with Crippen LogP contribution in [0, 0.1) is 5.82 Å². The number of aryl methyl sites for hydroxylation is 2. The van der Waals surface area contributed by atoms with E-state index >= 15 is 0 Å². The lowest BCUT2D eigenvalue weighted by molar-refractivity contribution is 0.303. The molecule has 0 radical (unpaired) electrons. The highest BCUT2D eigenvalue weighted by atomic mass is 32.2. The summed E-state index contributed by atoms with van der Waals surface area (Å²) in [6.45, 7) is 2.03. The lowest BCUT2D eigenvalue weighted by Gasteiger charge is -2.30.